The van der Waals surface area contributed by atoms with Crippen LogP contribution in [0.3, 0.4) is 0 Å². The average Bonchev–Trinajstić information content (AvgIpc) is 2.86. The highest BCUT2D eigenvalue weighted by Gasteiger charge is 2.20. The Morgan fingerprint density at radius 3 is 2.95 bits per heavy atom. The van der Waals surface area contributed by atoms with Gasteiger partial charge in [-0.1, -0.05) is 26.7 Å². The molecule has 0 aliphatic heterocycles. The first-order valence-electron chi connectivity index (χ1n) is 8.59. The molecule has 1 saturated carbocycles. The fourth-order valence-corrected chi connectivity index (χ4v) is 3.25. The van der Waals surface area contributed by atoms with Gasteiger partial charge in [-0.2, -0.15) is 0 Å². The molecule has 1 fully saturated rings. The molecule has 2 rings (SSSR count). The Labute approximate surface area is 129 Å². The lowest BCUT2D eigenvalue weighted by molar-refractivity contribution is 0.103. The maximum atomic E-state index is 5.61. The van der Waals surface area contributed by atoms with Gasteiger partial charge < -0.3 is 14.5 Å². The van der Waals surface area contributed by atoms with Crippen molar-refractivity contribution in [2.24, 2.45) is 11.8 Å². The van der Waals surface area contributed by atoms with Crippen molar-refractivity contribution >= 4 is 0 Å². The number of ether oxygens (including phenoxy) is 1. The minimum atomic E-state index is 0.590. The van der Waals surface area contributed by atoms with Crippen LogP contribution >= 0.6 is 0 Å². The molecule has 2 unspecified atom stereocenters. The van der Waals surface area contributed by atoms with Gasteiger partial charge in [-0.05, 0) is 56.2 Å². The van der Waals surface area contributed by atoms with Gasteiger partial charge in [-0.25, -0.2) is 0 Å². The molecule has 0 bridgehead atoms. The van der Waals surface area contributed by atoms with Crippen molar-refractivity contribution in [2.75, 3.05) is 13.2 Å². The van der Waals surface area contributed by atoms with E-state index in [1.165, 1.54) is 32.1 Å². The highest BCUT2D eigenvalue weighted by atomic mass is 16.5. The van der Waals surface area contributed by atoms with Crippen molar-refractivity contribution in [1.29, 1.82) is 0 Å². The third-order valence-corrected chi connectivity index (χ3v) is 4.68. The molecule has 1 aliphatic rings. The molecule has 0 saturated heterocycles. The second-order valence-corrected chi connectivity index (χ2v) is 6.65. The number of rotatable bonds is 8. The van der Waals surface area contributed by atoms with E-state index in [-0.39, 0.29) is 0 Å². The molecule has 0 spiro atoms. The van der Waals surface area contributed by atoms with Gasteiger partial charge in [0.15, 0.2) is 0 Å². The number of hydrogen-bond acceptors (Lipinski definition) is 3. The van der Waals surface area contributed by atoms with E-state index in [9.17, 15) is 0 Å². The molecule has 1 aromatic rings. The van der Waals surface area contributed by atoms with Crippen molar-refractivity contribution in [3.05, 3.63) is 24.2 Å². The van der Waals surface area contributed by atoms with Crippen LogP contribution in [0.25, 0.3) is 0 Å². The number of nitrogens with one attached hydrogen (secondary N) is 1. The van der Waals surface area contributed by atoms with E-state index in [0.717, 1.165) is 43.2 Å². The summed E-state index contributed by atoms with van der Waals surface area (Å²) in [7, 11) is 0. The summed E-state index contributed by atoms with van der Waals surface area (Å²) >= 11 is 0. The zero-order valence-corrected chi connectivity index (χ0v) is 13.6. The normalized spacial score (nSPS) is 23.4. The largest absolute Gasteiger partial charge is 0.467 e. The standard InChI is InChI=1S/C18H31NO2/c1-15(2)16-6-3-7-17(10-9-16)19-11-5-12-20-14-18-8-4-13-21-18/h4,8,13,15-17,19H,3,5-7,9-12,14H2,1-2H3. The van der Waals surface area contributed by atoms with Gasteiger partial charge in [-0.15, -0.1) is 0 Å². The van der Waals surface area contributed by atoms with Crippen molar-refractivity contribution in [3.63, 3.8) is 0 Å². The minimum Gasteiger partial charge on any atom is -0.467 e. The molecule has 0 radical (unpaired) electrons. The van der Waals surface area contributed by atoms with Crippen LogP contribution in [0.15, 0.2) is 22.8 Å². The Morgan fingerprint density at radius 2 is 2.19 bits per heavy atom. The van der Waals surface area contributed by atoms with Crippen LogP contribution in [0.1, 0.15) is 58.1 Å². The smallest absolute Gasteiger partial charge is 0.129 e. The molecule has 1 N–H and O–H groups in total. The summed E-state index contributed by atoms with van der Waals surface area (Å²) < 4.78 is 10.8. The minimum absolute atomic E-state index is 0.590. The van der Waals surface area contributed by atoms with Gasteiger partial charge >= 0.3 is 0 Å². The molecule has 21 heavy (non-hydrogen) atoms. The predicted octanol–water partition coefficient (Wildman–Crippen LogP) is 4.38. The van der Waals surface area contributed by atoms with Gasteiger partial charge in [0.2, 0.25) is 0 Å². The van der Waals surface area contributed by atoms with E-state index in [0.29, 0.717) is 6.61 Å². The van der Waals surface area contributed by atoms with Crippen LogP contribution in [0.2, 0.25) is 0 Å². The Morgan fingerprint density at radius 1 is 1.29 bits per heavy atom. The van der Waals surface area contributed by atoms with E-state index < -0.39 is 0 Å². The van der Waals surface area contributed by atoms with Crippen LogP contribution in [0.4, 0.5) is 0 Å². The van der Waals surface area contributed by atoms with Crippen molar-refractivity contribution in [2.45, 2.75) is 65.0 Å². The molecule has 1 heterocycles. The number of furan rings is 1. The highest BCUT2D eigenvalue weighted by Crippen LogP contribution is 2.28. The van der Waals surface area contributed by atoms with Crippen molar-refractivity contribution < 1.29 is 9.15 Å². The monoisotopic (exact) mass is 293 g/mol. The molecular weight excluding hydrogens is 262 g/mol. The summed E-state index contributed by atoms with van der Waals surface area (Å²) in [6.07, 6.45) is 9.65. The lowest BCUT2D eigenvalue weighted by Gasteiger charge is -2.19. The summed E-state index contributed by atoms with van der Waals surface area (Å²) in [5, 5.41) is 3.71. The third-order valence-electron chi connectivity index (χ3n) is 4.68. The quantitative estimate of drug-likeness (QED) is 0.570. The zero-order chi connectivity index (χ0) is 14.9. The average molecular weight is 293 g/mol. The van der Waals surface area contributed by atoms with E-state index in [4.69, 9.17) is 9.15 Å². The van der Waals surface area contributed by atoms with Crippen LogP contribution < -0.4 is 5.32 Å². The van der Waals surface area contributed by atoms with Crippen LogP contribution in [0.5, 0.6) is 0 Å². The fraction of sp³-hybridized carbons (Fsp3) is 0.778. The van der Waals surface area contributed by atoms with Gasteiger partial charge in [0.25, 0.3) is 0 Å². The second kappa shape index (κ2) is 9.26. The topological polar surface area (TPSA) is 34.4 Å². The van der Waals surface area contributed by atoms with E-state index in [2.05, 4.69) is 19.2 Å². The summed E-state index contributed by atoms with van der Waals surface area (Å²) in [4.78, 5) is 0. The summed E-state index contributed by atoms with van der Waals surface area (Å²) in [6.45, 7) is 7.19. The summed E-state index contributed by atoms with van der Waals surface area (Å²) in [5.41, 5.74) is 0. The maximum Gasteiger partial charge on any atom is 0.129 e. The molecule has 0 aromatic carbocycles. The Kier molecular flexibility index (Phi) is 7.31. The van der Waals surface area contributed by atoms with Crippen LogP contribution in [0, 0.1) is 11.8 Å². The molecule has 2 atom stereocenters. The lowest BCUT2D eigenvalue weighted by atomic mass is 9.89. The second-order valence-electron chi connectivity index (χ2n) is 6.65. The van der Waals surface area contributed by atoms with Gasteiger partial charge in [0.05, 0.1) is 6.26 Å². The maximum absolute atomic E-state index is 5.61. The van der Waals surface area contributed by atoms with Crippen LogP contribution in [-0.2, 0) is 11.3 Å². The predicted molar refractivity (Wildman–Crippen MR) is 86.2 cm³/mol. The van der Waals surface area contributed by atoms with E-state index in [1.807, 2.05) is 12.1 Å². The van der Waals surface area contributed by atoms with Crippen molar-refractivity contribution in [1.82, 2.24) is 5.32 Å². The highest BCUT2D eigenvalue weighted by molar-refractivity contribution is 4.95. The molecule has 3 heteroatoms. The van der Waals surface area contributed by atoms with E-state index >= 15 is 0 Å². The fourth-order valence-electron chi connectivity index (χ4n) is 3.25. The SMILES string of the molecule is CC(C)C1CCCC(NCCCOCc2ccco2)CC1. The summed E-state index contributed by atoms with van der Waals surface area (Å²) in [5.74, 6) is 2.69. The Balaban J connectivity index is 1.50. The van der Waals surface area contributed by atoms with Gasteiger partial charge in [0.1, 0.15) is 12.4 Å². The third kappa shape index (κ3) is 6.23. The molecule has 120 valence electrons. The summed E-state index contributed by atoms with van der Waals surface area (Å²) in [6, 6.07) is 4.57. The lowest BCUT2D eigenvalue weighted by Crippen LogP contribution is -2.30. The van der Waals surface area contributed by atoms with E-state index in [1.54, 1.807) is 6.26 Å². The van der Waals surface area contributed by atoms with Gasteiger partial charge in [0, 0.05) is 12.6 Å². The molecular formula is C18H31NO2. The Hall–Kier alpha value is -0.800. The molecule has 1 aliphatic carbocycles. The first-order chi connectivity index (χ1) is 10.3. The van der Waals surface area contributed by atoms with Crippen molar-refractivity contribution in [3.8, 4) is 0 Å². The zero-order valence-electron chi connectivity index (χ0n) is 13.6. The number of hydrogen-bond donors (Lipinski definition) is 1. The molecule has 1 aromatic heterocycles. The Bertz CT molecular complexity index is 361. The molecule has 3 nitrogen and oxygen atoms in total. The van der Waals surface area contributed by atoms with Crippen LogP contribution in [-0.4, -0.2) is 19.2 Å². The first-order valence-corrected chi connectivity index (χ1v) is 8.59. The molecule has 0 amide bonds. The van der Waals surface area contributed by atoms with Gasteiger partial charge in [-0.3, -0.25) is 0 Å². The first kappa shape index (κ1) is 16.6.